The monoisotopic (exact) mass is 518 g/mol. The van der Waals surface area contributed by atoms with Crippen LogP contribution in [-0.4, -0.2) is 41.6 Å². The summed E-state index contributed by atoms with van der Waals surface area (Å²) in [6.45, 7) is 3.78. The largest absolute Gasteiger partial charge is 0.493 e. The van der Waals surface area contributed by atoms with Gasteiger partial charge in [-0.25, -0.2) is 13.9 Å². The highest BCUT2D eigenvalue weighted by atomic mass is 35.5. The van der Waals surface area contributed by atoms with Gasteiger partial charge in [0.25, 0.3) is 0 Å². The molecule has 184 valence electrons. The SMILES string of the molecule is CCOC(=O)C1=C(C)Nc2nc(SCc3ccc(F)cc3Cl)nn2[C@@H]1c1ccc(OC)c(OC)c1. The lowest BCUT2D eigenvalue weighted by atomic mass is 9.95. The third-order valence-electron chi connectivity index (χ3n) is 5.42. The Balaban J connectivity index is 1.73. The molecular weight excluding hydrogens is 495 g/mol. The fraction of sp³-hybridized carbons (Fsp3) is 0.292. The minimum absolute atomic E-state index is 0.234. The van der Waals surface area contributed by atoms with E-state index in [4.69, 9.17) is 25.8 Å². The van der Waals surface area contributed by atoms with Crippen LogP contribution in [0, 0.1) is 5.82 Å². The molecule has 0 saturated carbocycles. The van der Waals surface area contributed by atoms with Crippen molar-refractivity contribution in [1.29, 1.82) is 0 Å². The fourth-order valence-corrected chi connectivity index (χ4v) is 4.92. The molecule has 1 aromatic heterocycles. The zero-order valence-corrected chi connectivity index (χ0v) is 21.2. The van der Waals surface area contributed by atoms with Crippen LogP contribution in [0.1, 0.15) is 31.0 Å². The van der Waals surface area contributed by atoms with Gasteiger partial charge in [-0.3, -0.25) is 0 Å². The van der Waals surface area contributed by atoms with Crippen LogP contribution in [0.25, 0.3) is 0 Å². The van der Waals surface area contributed by atoms with Gasteiger partial charge in [-0.2, -0.15) is 4.98 Å². The van der Waals surface area contributed by atoms with Crippen molar-refractivity contribution in [3.05, 3.63) is 69.6 Å². The molecule has 1 aliphatic rings. The predicted molar refractivity (Wildman–Crippen MR) is 132 cm³/mol. The molecule has 0 radical (unpaired) electrons. The molecule has 1 N–H and O–H groups in total. The van der Waals surface area contributed by atoms with Gasteiger partial charge in [-0.1, -0.05) is 35.5 Å². The third kappa shape index (κ3) is 5.08. The molecule has 8 nitrogen and oxygen atoms in total. The van der Waals surface area contributed by atoms with Gasteiger partial charge in [0, 0.05) is 16.5 Å². The highest BCUT2D eigenvalue weighted by Crippen LogP contribution is 2.40. The Labute approximate surface area is 211 Å². The molecule has 1 aliphatic heterocycles. The topological polar surface area (TPSA) is 87.5 Å². The van der Waals surface area contributed by atoms with E-state index in [-0.39, 0.29) is 6.61 Å². The van der Waals surface area contributed by atoms with Gasteiger partial charge < -0.3 is 19.5 Å². The zero-order chi connectivity index (χ0) is 25.1. The number of ether oxygens (including phenoxy) is 3. The summed E-state index contributed by atoms with van der Waals surface area (Å²) in [4.78, 5) is 17.6. The van der Waals surface area contributed by atoms with E-state index < -0.39 is 17.8 Å². The Kier molecular flexibility index (Phi) is 7.51. The van der Waals surface area contributed by atoms with Gasteiger partial charge in [0.1, 0.15) is 11.9 Å². The van der Waals surface area contributed by atoms with E-state index in [1.807, 2.05) is 6.07 Å². The summed E-state index contributed by atoms with van der Waals surface area (Å²) in [6, 6.07) is 9.09. The summed E-state index contributed by atoms with van der Waals surface area (Å²) >= 11 is 7.51. The quantitative estimate of drug-likeness (QED) is 0.320. The maximum Gasteiger partial charge on any atom is 0.338 e. The van der Waals surface area contributed by atoms with E-state index in [0.29, 0.717) is 44.6 Å². The number of hydrogen-bond donors (Lipinski definition) is 1. The van der Waals surface area contributed by atoms with Crippen LogP contribution < -0.4 is 14.8 Å². The highest BCUT2D eigenvalue weighted by molar-refractivity contribution is 7.98. The number of nitrogens with zero attached hydrogens (tertiary/aromatic N) is 3. The van der Waals surface area contributed by atoms with Crippen LogP contribution in [0.15, 0.2) is 52.8 Å². The molecule has 3 aromatic rings. The second-order valence-electron chi connectivity index (χ2n) is 7.59. The van der Waals surface area contributed by atoms with Crippen LogP contribution >= 0.6 is 23.4 Å². The number of halogens is 2. The highest BCUT2D eigenvalue weighted by Gasteiger charge is 2.35. The predicted octanol–water partition coefficient (Wildman–Crippen LogP) is 5.23. The summed E-state index contributed by atoms with van der Waals surface area (Å²) in [5.41, 5.74) is 2.53. The lowest BCUT2D eigenvalue weighted by Gasteiger charge is -2.28. The first-order valence-corrected chi connectivity index (χ1v) is 12.1. The number of carbonyl (C=O) groups is 1. The summed E-state index contributed by atoms with van der Waals surface area (Å²) < 4.78 is 31.2. The van der Waals surface area contributed by atoms with Gasteiger partial charge in [0.2, 0.25) is 11.1 Å². The number of anilines is 1. The van der Waals surface area contributed by atoms with Crippen LogP contribution in [0.2, 0.25) is 5.02 Å². The second-order valence-corrected chi connectivity index (χ2v) is 8.94. The number of hydrogen-bond acceptors (Lipinski definition) is 8. The van der Waals surface area contributed by atoms with Crippen molar-refractivity contribution in [2.45, 2.75) is 30.8 Å². The smallest absolute Gasteiger partial charge is 0.338 e. The number of allylic oxidation sites excluding steroid dienone is 1. The Morgan fingerprint density at radius 2 is 1.97 bits per heavy atom. The lowest BCUT2D eigenvalue weighted by molar-refractivity contribution is -0.139. The molecule has 0 spiro atoms. The molecule has 0 aliphatic carbocycles. The molecule has 0 fully saturated rings. The van der Waals surface area contributed by atoms with Crippen molar-refractivity contribution in [2.24, 2.45) is 0 Å². The van der Waals surface area contributed by atoms with E-state index in [9.17, 15) is 9.18 Å². The Morgan fingerprint density at radius 3 is 2.66 bits per heavy atom. The van der Waals surface area contributed by atoms with Gasteiger partial charge in [-0.05, 0) is 49.2 Å². The first-order valence-electron chi connectivity index (χ1n) is 10.8. The summed E-state index contributed by atoms with van der Waals surface area (Å²) in [7, 11) is 3.11. The number of aromatic nitrogens is 3. The first kappa shape index (κ1) is 24.9. The summed E-state index contributed by atoms with van der Waals surface area (Å²) in [6.07, 6.45) is 0. The van der Waals surface area contributed by atoms with Gasteiger partial charge in [0.05, 0.1) is 26.4 Å². The van der Waals surface area contributed by atoms with Gasteiger partial charge >= 0.3 is 5.97 Å². The molecule has 2 heterocycles. The number of carbonyl (C=O) groups excluding carboxylic acids is 1. The minimum Gasteiger partial charge on any atom is -0.493 e. The van der Waals surface area contributed by atoms with Crippen molar-refractivity contribution in [1.82, 2.24) is 14.8 Å². The number of thioether (sulfide) groups is 1. The number of methoxy groups -OCH3 is 2. The van der Waals surface area contributed by atoms with E-state index in [1.165, 1.54) is 23.9 Å². The molecule has 0 saturated heterocycles. The third-order valence-corrected chi connectivity index (χ3v) is 6.66. The van der Waals surface area contributed by atoms with E-state index >= 15 is 0 Å². The fourth-order valence-electron chi connectivity index (χ4n) is 3.78. The standard InChI is InChI=1S/C24H24ClFN4O4S/c1-5-34-22(31)20-13(2)27-23-28-24(35-12-15-6-8-16(26)11-17(15)25)29-30(23)21(20)14-7-9-18(32-3)19(10-14)33-4/h6-11,21H,5,12H2,1-4H3,(H,27,28,29)/t21-/m1/s1. The zero-order valence-electron chi connectivity index (χ0n) is 19.6. The first-order chi connectivity index (χ1) is 16.9. The van der Waals surface area contributed by atoms with Crippen LogP contribution in [0.4, 0.5) is 10.3 Å². The maximum atomic E-state index is 13.4. The van der Waals surface area contributed by atoms with Crippen molar-refractivity contribution < 1.29 is 23.4 Å². The number of esters is 1. The van der Waals surface area contributed by atoms with Crippen LogP contribution in [0.3, 0.4) is 0 Å². The molecular formula is C24H24ClFN4O4S. The summed E-state index contributed by atoms with van der Waals surface area (Å²) in [5.74, 6) is 1.16. The minimum atomic E-state index is -0.610. The Bertz CT molecular complexity index is 1300. The molecule has 2 aromatic carbocycles. The summed E-state index contributed by atoms with van der Waals surface area (Å²) in [5, 5.41) is 8.64. The van der Waals surface area contributed by atoms with Crippen molar-refractivity contribution in [3.63, 3.8) is 0 Å². The number of nitrogens with one attached hydrogen (secondary N) is 1. The molecule has 35 heavy (non-hydrogen) atoms. The number of benzene rings is 2. The number of fused-ring (bicyclic) bond motifs is 1. The Morgan fingerprint density at radius 1 is 1.20 bits per heavy atom. The maximum absolute atomic E-state index is 13.4. The van der Waals surface area contributed by atoms with E-state index in [1.54, 1.807) is 50.9 Å². The van der Waals surface area contributed by atoms with Crippen LogP contribution in [0.5, 0.6) is 11.5 Å². The molecule has 11 heteroatoms. The van der Waals surface area contributed by atoms with Gasteiger partial charge in [0.15, 0.2) is 11.5 Å². The van der Waals surface area contributed by atoms with E-state index in [2.05, 4.69) is 15.4 Å². The average Bonchev–Trinajstić information content (AvgIpc) is 3.24. The van der Waals surface area contributed by atoms with Crippen LogP contribution in [-0.2, 0) is 15.3 Å². The number of rotatable bonds is 8. The van der Waals surface area contributed by atoms with Crippen molar-refractivity contribution >= 4 is 35.3 Å². The van der Waals surface area contributed by atoms with Crippen molar-refractivity contribution in [2.75, 3.05) is 26.1 Å². The normalized spacial score (nSPS) is 14.9. The molecule has 1 atom stereocenters. The molecule has 0 amide bonds. The lowest BCUT2D eigenvalue weighted by Crippen LogP contribution is -2.29. The second kappa shape index (κ2) is 10.6. The Hall–Kier alpha value is -3.24. The van der Waals surface area contributed by atoms with E-state index in [0.717, 1.165) is 11.1 Å². The average molecular weight is 519 g/mol. The van der Waals surface area contributed by atoms with Crippen molar-refractivity contribution in [3.8, 4) is 11.5 Å². The molecule has 0 unspecified atom stereocenters. The molecule has 4 rings (SSSR count). The van der Waals surface area contributed by atoms with Gasteiger partial charge in [-0.15, -0.1) is 5.10 Å². The molecule has 0 bridgehead atoms.